The van der Waals surface area contributed by atoms with E-state index in [0.717, 1.165) is 22.5 Å². The Balaban J connectivity index is 1.60. The van der Waals surface area contributed by atoms with Crippen molar-refractivity contribution in [3.05, 3.63) is 63.1 Å². The summed E-state index contributed by atoms with van der Waals surface area (Å²) in [5, 5.41) is 9.70. The number of rotatable bonds is 5. The molecule has 2 heterocycles. The lowest BCUT2D eigenvalue weighted by Crippen LogP contribution is -2.26. The summed E-state index contributed by atoms with van der Waals surface area (Å²) in [6, 6.07) is 10.0. The molecule has 0 aliphatic heterocycles. The molecule has 0 spiro atoms. The molecule has 3 aromatic rings. The molecule has 2 aromatic heterocycles. The van der Waals surface area contributed by atoms with Gasteiger partial charge in [0.15, 0.2) is 0 Å². The van der Waals surface area contributed by atoms with Crippen LogP contribution < -0.4 is 0 Å². The van der Waals surface area contributed by atoms with Crippen LogP contribution >= 0.6 is 11.3 Å². The minimum Gasteiger partial charge on any atom is -0.337 e. The van der Waals surface area contributed by atoms with E-state index in [-0.39, 0.29) is 5.91 Å². The molecule has 1 aromatic carbocycles. The normalized spacial score (nSPS) is 13.8. The molecular formula is C21H23N3OS. The molecule has 1 aliphatic rings. The maximum Gasteiger partial charge on any atom is 0.253 e. The Kier molecular flexibility index (Phi) is 4.41. The Bertz CT molecular complexity index is 952. The molecule has 0 atom stereocenters. The topological polar surface area (TPSA) is 49.0 Å². The first-order valence-corrected chi connectivity index (χ1v) is 9.86. The summed E-state index contributed by atoms with van der Waals surface area (Å²) in [7, 11) is 1.87. The zero-order chi connectivity index (χ0) is 18.3. The summed E-state index contributed by atoms with van der Waals surface area (Å²) in [5.74, 6) is 0.618. The van der Waals surface area contributed by atoms with Crippen LogP contribution in [0.1, 0.15) is 50.9 Å². The largest absolute Gasteiger partial charge is 0.337 e. The number of benzene rings is 1. The zero-order valence-electron chi connectivity index (χ0n) is 15.4. The highest BCUT2D eigenvalue weighted by Crippen LogP contribution is 2.44. The van der Waals surface area contributed by atoms with Crippen LogP contribution in [0.15, 0.2) is 35.7 Å². The second-order valence-corrected chi connectivity index (χ2v) is 8.15. The molecule has 0 unspecified atom stereocenters. The van der Waals surface area contributed by atoms with Crippen molar-refractivity contribution >= 4 is 17.2 Å². The summed E-state index contributed by atoms with van der Waals surface area (Å²) >= 11 is 1.70. The predicted octanol–water partition coefficient (Wildman–Crippen LogP) is 4.90. The molecule has 1 aliphatic carbocycles. The molecule has 0 bridgehead atoms. The second kappa shape index (κ2) is 6.72. The molecule has 5 heteroatoms. The summed E-state index contributed by atoms with van der Waals surface area (Å²) in [6.45, 7) is 4.78. The molecule has 1 N–H and O–H groups in total. The first kappa shape index (κ1) is 17.0. The highest BCUT2D eigenvalue weighted by atomic mass is 32.1. The summed E-state index contributed by atoms with van der Waals surface area (Å²) < 4.78 is 0. The molecule has 1 amide bonds. The maximum atomic E-state index is 12.9. The third kappa shape index (κ3) is 3.19. The van der Waals surface area contributed by atoms with Crippen molar-refractivity contribution in [1.29, 1.82) is 0 Å². The number of hydrogen-bond donors (Lipinski definition) is 1. The van der Waals surface area contributed by atoms with Crippen LogP contribution in [0.25, 0.3) is 11.1 Å². The van der Waals surface area contributed by atoms with Crippen LogP contribution in [0.4, 0.5) is 0 Å². The highest BCUT2D eigenvalue weighted by Gasteiger charge is 2.30. The van der Waals surface area contributed by atoms with Crippen LogP contribution in [0.2, 0.25) is 0 Å². The number of nitrogens with zero attached hydrogens (tertiary/aromatic N) is 2. The van der Waals surface area contributed by atoms with E-state index >= 15 is 0 Å². The van der Waals surface area contributed by atoms with Gasteiger partial charge in [-0.15, -0.1) is 11.3 Å². The number of amides is 1. The number of H-pyrrole nitrogens is 1. The van der Waals surface area contributed by atoms with Crippen LogP contribution in [-0.4, -0.2) is 28.1 Å². The monoisotopic (exact) mass is 365 g/mol. The van der Waals surface area contributed by atoms with E-state index in [2.05, 4.69) is 41.6 Å². The molecule has 26 heavy (non-hydrogen) atoms. The Morgan fingerprint density at radius 3 is 2.81 bits per heavy atom. The number of aromatic nitrogens is 2. The van der Waals surface area contributed by atoms with Gasteiger partial charge in [-0.25, -0.2) is 0 Å². The molecule has 0 saturated heterocycles. The SMILES string of the molecule is Cc1ccsc1CN(C)C(=O)c1cccc(-c2c(C3CC3)n[nH]c2C)c1. The van der Waals surface area contributed by atoms with Crippen molar-refractivity contribution in [2.24, 2.45) is 0 Å². The van der Waals surface area contributed by atoms with E-state index < -0.39 is 0 Å². The van der Waals surface area contributed by atoms with Gasteiger partial charge in [0.05, 0.1) is 12.2 Å². The first-order valence-electron chi connectivity index (χ1n) is 8.98. The second-order valence-electron chi connectivity index (χ2n) is 7.15. The summed E-state index contributed by atoms with van der Waals surface area (Å²) in [6.07, 6.45) is 2.41. The van der Waals surface area contributed by atoms with Gasteiger partial charge in [0.1, 0.15) is 0 Å². The van der Waals surface area contributed by atoms with E-state index in [1.165, 1.54) is 28.8 Å². The lowest BCUT2D eigenvalue weighted by atomic mass is 9.99. The average Bonchev–Trinajstić information content (AvgIpc) is 3.31. The van der Waals surface area contributed by atoms with Gasteiger partial charge in [0.2, 0.25) is 0 Å². The first-order chi connectivity index (χ1) is 12.5. The standard InChI is InChI=1S/C21H23N3OS/c1-13-9-10-26-18(13)12-24(3)21(25)17-6-4-5-16(11-17)19-14(2)22-23-20(19)15-7-8-15/h4-6,9-11,15H,7-8,12H2,1-3H3,(H,22,23). The number of carbonyl (C=O) groups is 1. The molecule has 4 rings (SSSR count). The van der Waals surface area contributed by atoms with Gasteiger partial charge >= 0.3 is 0 Å². The van der Waals surface area contributed by atoms with E-state index in [4.69, 9.17) is 0 Å². The molecule has 1 saturated carbocycles. The summed E-state index contributed by atoms with van der Waals surface area (Å²) in [4.78, 5) is 16.0. The highest BCUT2D eigenvalue weighted by molar-refractivity contribution is 7.10. The molecule has 0 radical (unpaired) electrons. The van der Waals surface area contributed by atoms with Crippen molar-refractivity contribution in [2.45, 2.75) is 39.2 Å². The Labute approximate surface area is 157 Å². The van der Waals surface area contributed by atoms with Crippen LogP contribution in [0, 0.1) is 13.8 Å². The van der Waals surface area contributed by atoms with E-state index in [9.17, 15) is 4.79 Å². The fraction of sp³-hybridized carbons (Fsp3) is 0.333. The minimum atomic E-state index is 0.0498. The van der Waals surface area contributed by atoms with Gasteiger partial charge in [-0.2, -0.15) is 5.10 Å². The van der Waals surface area contributed by atoms with Gasteiger partial charge in [-0.3, -0.25) is 9.89 Å². The quantitative estimate of drug-likeness (QED) is 0.699. The lowest BCUT2D eigenvalue weighted by Gasteiger charge is -2.17. The van der Waals surface area contributed by atoms with Crippen LogP contribution in [-0.2, 0) is 6.54 Å². The molecule has 1 fully saturated rings. The number of hydrogen-bond acceptors (Lipinski definition) is 3. The number of aryl methyl sites for hydroxylation is 2. The third-order valence-corrected chi connectivity index (χ3v) is 6.04. The third-order valence-electron chi connectivity index (χ3n) is 5.03. The van der Waals surface area contributed by atoms with E-state index in [0.29, 0.717) is 12.5 Å². The van der Waals surface area contributed by atoms with E-state index in [1.54, 1.807) is 16.2 Å². The molecular weight excluding hydrogens is 342 g/mol. The number of thiophene rings is 1. The van der Waals surface area contributed by atoms with Gasteiger partial charge in [0.25, 0.3) is 5.91 Å². The smallest absolute Gasteiger partial charge is 0.253 e. The van der Waals surface area contributed by atoms with E-state index in [1.807, 2.05) is 25.2 Å². The Morgan fingerprint density at radius 2 is 2.12 bits per heavy atom. The number of nitrogens with one attached hydrogen (secondary N) is 1. The van der Waals surface area contributed by atoms with Crippen molar-refractivity contribution in [3.63, 3.8) is 0 Å². The maximum absolute atomic E-state index is 12.9. The fourth-order valence-electron chi connectivity index (χ4n) is 3.35. The number of carbonyl (C=O) groups excluding carboxylic acids is 1. The van der Waals surface area contributed by atoms with Gasteiger partial charge < -0.3 is 4.90 Å². The van der Waals surface area contributed by atoms with Gasteiger partial charge in [0, 0.05) is 34.7 Å². The lowest BCUT2D eigenvalue weighted by molar-refractivity contribution is 0.0786. The Hall–Kier alpha value is -2.40. The fourth-order valence-corrected chi connectivity index (χ4v) is 4.30. The molecule has 134 valence electrons. The van der Waals surface area contributed by atoms with Crippen LogP contribution in [0.5, 0.6) is 0 Å². The van der Waals surface area contributed by atoms with Crippen molar-refractivity contribution < 1.29 is 4.79 Å². The predicted molar refractivity (Wildman–Crippen MR) is 106 cm³/mol. The Morgan fingerprint density at radius 1 is 1.31 bits per heavy atom. The van der Waals surface area contributed by atoms with Crippen molar-refractivity contribution in [3.8, 4) is 11.1 Å². The number of aromatic amines is 1. The minimum absolute atomic E-state index is 0.0498. The van der Waals surface area contributed by atoms with Crippen molar-refractivity contribution in [1.82, 2.24) is 15.1 Å². The molecule has 4 nitrogen and oxygen atoms in total. The van der Waals surface area contributed by atoms with Crippen molar-refractivity contribution in [2.75, 3.05) is 7.05 Å². The van der Waals surface area contributed by atoms with Gasteiger partial charge in [-0.05, 0) is 61.4 Å². The van der Waals surface area contributed by atoms with Crippen LogP contribution in [0.3, 0.4) is 0 Å². The zero-order valence-corrected chi connectivity index (χ0v) is 16.2. The van der Waals surface area contributed by atoms with Gasteiger partial charge in [-0.1, -0.05) is 12.1 Å². The average molecular weight is 366 g/mol. The summed E-state index contributed by atoms with van der Waals surface area (Å²) in [5.41, 5.74) is 6.42.